The molecule has 0 saturated heterocycles. The quantitative estimate of drug-likeness (QED) is 0.233. The topological polar surface area (TPSA) is 0 Å². The number of hydrogen-bond acceptors (Lipinski definition) is 0. The molecule has 0 nitrogen and oxygen atoms in total. The van der Waals surface area contributed by atoms with E-state index in [9.17, 15) is 26.3 Å². The van der Waals surface area contributed by atoms with Crippen LogP contribution in [0, 0.1) is 0 Å². The first-order valence-corrected chi connectivity index (χ1v) is 21.4. The van der Waals surface area contributed by atoms with Gasteiger partial charge in [-0.05, 0) is 0 Å². The molecule has 0 heterocycles. The zero-order valence-corrected chi connectivity index (χ0v) is 33.9. The van der Waals surface area contributed by atoms with Crippen LogP contribution in [0.1, 0.15) is 143 Å². The van der Waals surface area contributed by atoms with E-state index in [1.807, 2.05) is 15.9 Å². The van der Waals surface area contributed by atoms with Crippen LogP contribution in [0.25, 0.3) is 11.1 Å². The van der Waals surface area contributed by atoms with Crippen molar-refractivity contribution < 1.29 is 47.6 Å². The molecule has 3 aromatic carbocycles. The summed E-state index contributed by atoms with van der Waals surface area (Å²) in [6.07, 6.45) is -3.10. The second-order valence-corrected chi connectivity index (χ2v) is 24.1. The molecule has 2 aliphatic carbocycles. The summed E-state index contributed by atoms with van der Waals surface area (Å²) < 4.78 is 87.2. The minimum absolute atomic E-state index is 0.00550. The van der Waals surface area contributed by atoms with Crippen molar-refractivity contribution in [3.05, 3.63) is 114 Å². The fourth-order valence-electron chi connectivity index (χ4n) is 7.43. The summed E-state index contributed by atoms with van der Waals surface area (Å²) in [6, 6.07) is 11.4. The number of benzene rings is 3. The van der Waals surface area contributed by atoms with E-state index in [-0.39, 0.29) is 36.9 Å². The van der Waals surface area contributed by atoms with Crippen molar-refractivity contribution in [3.8, 4) is 11.1 Å². The van der Waals surface area contributed by atoms with Gasteiger partial charge in [0, 0.05) is 0 Å². The van der Waals surface area contributed by atoms with E-state index in [0.717, 1.165) is 37.7 Å². The van der Waals surface area contributed by atoms with E-state index in [1.165, 1.54) is 22.3 Å². The zero-order valence-electron chi connectivity index (χ0n) is 31.4. The summed E-state index contributed by atoms with van der Waals surface area (Å²) in [5.41, 5.74) is 6.20. The normalized spacial score (nSPS) is 16.2. The van der Waals surface area contributed by atoms with Gasteiger partial charge in [0.15, 0.2) is 0 Å². The Balaban J connectivity index is 1.95. The predicted molar refractivity (Wildman–Crippen MR) is 192 cm³/mol. The van der Waals surface area contributed by atoms with Gasteiger partial charge in [-0.25, -0.2) is 0 Å². The van der Waals surface area contributed by atoms with Crippen LogP contribution in [0.3, 0.4) is 0 Å². The van der Waals surface area contributed by atoms with Gasteiger partial charge in [0.25, 0.3) is 0 Å². The zero-order chi connectivity index (χ0) is 37.6. The van der Waals surface area contributed by atoms with Gasteiger partial charge in [0.1, 0.15) is 0 Å². The molecule has 0 amide bonds. The third-order valence-corrected chi connectivity index (χ3v) is 17.3. The van der Waals surface area contributed by atoms with Crippen molar-refractivity contribution >= 4 is 3.71 Å². The summed E-state index contributed by atoms with van der Waals surface area (Å²) in [5.74, 6) is 0. The minimum atomic E-state index is -4.91. The van der Waals surface area contributed by atoms with Gasteiger partial charge in [0.05, 0.1) is 0 Å². The van der Waals surface area contributed by atoms with Crippen LogP contribution in [0.15, 0.2) is 64.0 Å². The Bertz CT molecular complexity index is 1810. The van der Waals surface area contributed by atoms with E-state index in [1.54, 1.807) is 0 Å². The molecule has 7 heteroatoms. The molecule has 0 radical (unpaired) electrons. The number of halogens is 6. The molecule has 268 valence electrons. The Labute approximate surface area is 302 Å². The van der Waals surface area contributed by atoms with Crippen LogP contribution in [0.5, 0.6) is 0 Å². The number of rotatable bonds is 3. The molecule has 0 aromatic heterocycles. The first-order chi connectivity index (χ1) is 22.6. The van der Waals surface area contributed by atoms with Crippen molar-refractivity contribution in [2.75, 3.05) is 0 Å². The molecule has 0 saturated carbocycles. The number of hydrogen-bond donors (Lipinski definition) is 0. The molecule has 5 rings (SSSR count). The van der Waals surface area contributed by atoms with Crippen molar-refractivity contribution in [3.63, 3.8) is 0 Å². The number of fused-ring (bicyclic) bond motifs is 3. The molecule has 0 unspecified atom stereocenters. The molecule has 3 aromatic rings. The third-order valence-electron chi connectivity index (χ3n) is 9.91. The maximum absolute atomic E-state index is 14.1. The Morgan fingerprint density at radius 1 is 0.540 bits per heavy atom. The Morgan fingerprint density at radius 3 is 1.24 bits per heavy atom. The van der Waals surface area contributed by atoms with E-state index in [4.69, 9.17) is 0 Å². The summed E-state index contributed by atoms with van der Waals surface area (Å²) in [5, 5.41) is 0. The van der Waals surface area contributed by atoms with Gasteiger partial charge < -0.3 is 0 Å². The average molecular weight is 772 g/mol. The number of allylic oxidation sites excluding steroid dienone is 4. The summed E-state index contributed by atoms with van der Waals surface area (Å²) >= 11 is -3.35. The summed E-state index contributed by atoms with van der Waals surface area (Å²) in [7, 11) is 0. The van der Waals surface area contributed by atoms with Gasteiger partial charge in [-0.3, -0.25) is 0 Å². The summed E-state index contributed by atoms with van der Waals surface area (Å²) in [6.45, 7) is 26.5. The van der Waals surface area contributed by atoms with Crippen LogP contribution in [0.4, 0.5) is 26.3 Å². The molecule has 0 aliphatic heterocycles. The Morgan fingerprint density at radius 2 is 0.920 bits per heavy atom. The second kappa shape index (κ2) is 12.6. The first kappa shape index (κ1) is 38.7. The average Bonchev–Trinajstić information content (AvgIpc) is 3.58. The first-order valence-electron chi connectivity index (χ1n) is 17.3. The van der Waals surface area contributed by atoms with Crippen molar-refractivity contribution in [1.29, 1.82) is 0 Å². The molecule has 0 spiro atoms. The molecule has 0 bridgehead atoms. The standard InChI is InChI=1S/C29H41.C9H4F6.C5H5.Zr/c1-26(2,3)22-14-18-13-19-15-23(27(4,5)6)25(29(10,11)12)17-21(19)20(18)16-24(22)28(7,8)9;1-5-2-6(8(10,11)12)4-7(3-5)9(13,14)15;1-2-4-5-3-1;/h13-17H,1-12H3;1-4H;1-3H,4H2;. The van der Waals surface area contributed by atoms with Gasteiger partial charge in [0.2, 0.25) is 0 Å². The van der Waals surface area contributed by atoms with E-state index >= 15 is 0 Å². The monoisotopic (exact) mass is 770 g/mol. The van der Waals surface area contributed by atoms with E-state index < -0.39 is 44.7 Å². The van der Waals surface area contributed by atoms with E-state index in [2.05, 4.69) is 113 Å². The molecule has 0 atom stereocenters. The van der Waals surface area contributed by atoms with Crippen LogP contribution < -0.4 is 0 Å². The fraction of sp³-hybridized carbons (Fsp3) is 0.465. The molecular formula is C43H50F6Zr. The van der Waals surface area contributed by atoms with Crippen LogP contribution in [-0.2, 0) is 55.3 Å². The molecule has 0 N–H and O–H groups in total. The maximum atomic E-state index is 14.1. The third kappa shape index (κ3) is 7.64. The Kier molecular flexibility index (Phi) is 9.72. The van der Waals surface area contributed by atoms with Crippen LogP contribution >= 0.6 is 0 Å². The van der Waals surface area contributed by atoms with E-state index in [0.29, 0.717) is 6.42 Å². The SMILES string of the molecule is CC(C)(C)c1cc2c(cc1C(C)(C)C)[CH]([Zr](=[CH]c1cc(C(F)(F)F)cc(C(F)(F)F)c1)[C]1=CC=CC1)c1cc(C(C)(C)C)c(C(C)(C)C)cc1-2. The van der Waals surface area contributed by atoms with Crippen molar-refractivity contribution in [2.24, 2.45) is 0 Å². The fourth-order valence-corrected chi connectivity index (χ4v) is 14.9. The number of alkyl halides is 6. The molecule has 0 fully saturated rings. The molecule has 50 heavy (non-hydrogen) atoms. The van der Waals surface area contributed by atoms with Gasteiger partial charge in [-0.2, -0.15) is 0 Å². The molecule has 2 aliphatic rings. The van der Waals surface area contributed by atoms with Crippen molar-refractivity contribution in [1.82, 2.24) is 0 Å². The van der Waals surface area contributed by atoms with Gasteiger partial charge >= 0.3 is 304 Å². The van der Waals surface area contributed by atoms with Gasteiger partial charge in [-0.1, -0.05) is 0 Å². The van der Waals surface area contributed by atoms with Crippen LogP contribution in [-0.4, -0.2) is 3.71 Å². The Hall–Kier alpha value is -2.53. The molecular weight excluding hydrogens is 722 g/mol. The second-order valence-electron chi connectivity index (χ2n) is 18.2. The summed E-state index contributed by atoms with van der Waals surface area (Å²) in [4.78, 5) is 0. The van der Waals surface area contributed by atoms with Crippen molar-refractivity contribution in [2.45, 2.75) is 127 Å². The van der Waals surface area contributed by atoms with Gasteiger partial charge in [-0.15, -0.1) is 0 Å². The predicted octanol–water partition coefficient (Wildman–Crippen LogP) is 13.3. The van der Waals surface area contributed by atoms with Crippen LogP contribution in [0.2, 0.25) is 0 Å².